The van der Waals surface area contributed by atoms with Crippen LogP contribution in [0.25, 0.3) is 0 Å². The largest absolute Gasteiger partial charge is 0.481 e. The first kappa shape index (κ1) is 17.2. The minimum Gasteiger partial charge on any atom is -0.481 e. The average Bonchev–Trinajstić information content (AvgIpc) is 3.17. The first-order valence-electron chi connectivity index (χ1n) is 8.67. The van der Waals surface area contributed by atoms with Crippen molar-refractivity contribution in [1.29, 1.82) is 0 Å². The molecule has 1 N–H and O–H groups in total. The number of rotatable bonds is 5. The van der Waals surface area contributed by atoms with Crippen molar-refractivity contribution >= 4 is 17.6 Å². The Morgan fingerprint density at radius 1 is 1.28 bits per heavy atom. The summed E-state index contributed by atoms with van der Waals surface area (Å²) >= 11 is 0. The molecule has 0 fully saturated rings. The Hall–Kier alpha value is -2.63. The van der Waals surface area contributed by atoms with Crippen LogP contribution in [0.4, 0.5) is 5.69 Å². The van der Waals surface area contributed by atoms with Crippen LogP contribution >= 0.6 is 0 Å². The van der Waals surface area contributed by atoms with Crippen LogP contribution in [0.5, 0.6) is 0 Å². The molecule has 0 aliphatic carbocycles. The molecule has 2 heterocycles. The number of hydrogen-bond donors (Lipinski definition) is 1. The number of carboxylic acid groups (broad SMARTS) is 1. The number of fused-ring (bicyclic) bond motifs is 1. The fraction of sp³-hybridized carbons (Fsp3) is 0.421. The van der Waals surface area contributed by atoms with Crippen LogP contribution < -0.4 is 4.90 Å². The Kier molecular flexibility index (Phi) is 4.61. The van der Waals surface area contributed by atoms with Gasteiger partial charge in [-0.2, -0.15) is 5.10 Å². The zero-order chi connectivity index (χ0) is 18.1. The predicted molar refractivity (Wildman–Crippen MR) is 95.1 cm³/mol. The molecule has 2 aromatic rings. The zero-order valence-electron chi connectivity index (χ0n) is 14.8. The van der Waals surface area contributed by atoms with Crippen molar-refractivity contribution < 1.29 is 14.7 Å². The van der Waals surface area contributed by atoms with Crippen LogP contribution in [0.1, 0.15) is 60.3 Å². The maximum atomic E-state index is 13.1. The minimum absolute atomic E-state index is 0.156. The Bertz CT molecular complexity index is 808. The summed E-state index contributed by atoms with van der Waals surface area (Å²) in [6.07, 6.45) is 3.49. The zero-order valence-corrected chi connectivity index (χ0v) is 14.8. The standard InChI is InChI=1S/C19H23N3O3/c1-4-13(5-2)22-12(3)15(10-20-22)18(23)21-11-16(19(24)25)14-8-6-7-9-17(14)21/h6-10,13,16H,4-5,11H2,1-3H3,(H,24,25). The van der Waals surface area contributed by atoms with E-state index in [1.54, 1.807) is 29.3 Å². The molecule has 1 unspecified atom stereocenters. The van der Waals surface area contributed by atoms with Gasteiger partial charge >= 0.3 is 5.97 Å². The molecule has 0 radical (unpaired) electrons. The highest BCUT2D eigenvalue weighted by atomic mass is 16.4. The molecule has 6 nitrogen and oxygen atoms in total. The number of amides is 1. The third-order valence-corrected chi connectivity index (χ3v) is 5.07. The fourth-order valence-corrected chi connectivity index (χ4v) is 3.59. The van der Waals surface area contributed by atoms with Crippen LogP contribution in [0, 0.1) is 6.92 Å². The first-order valence-corrected chi connectivity index (χ1v) is 8.67. The summed E-state index contributed by atoms with van der Waals surface area (Å²) in [5.41, 5.74) is 2.73. The molecule has 1 aliphatic rings. The summed E-state index contributed by atoms with van der Waals surface area (Å²) in [6.45, 7) is 6.26. The van der Waals surface area contributed by atoms with Crippen molar-refractivity contribution in [3.63, 3.8) is 0 Å². The normalized spacial score (nSPS) is 16.3. The number of aliphatic carboxylic acids is 1. The van der Waals surface area contributed by atoms with Gasteiger partial charge in [0.25, 0.3) is 5.91 Å². The summed E-state index contributed by atoms with van der Waals surface area (Å²) in [5, 5.41) is 13.9. The second-order valence-corrected chi connectivity index (χ2v) is 6.42. The molecule has 3 rings (SSSR count). The summed E-state index contributed by atoms with van der Waals surface area (Å²) in [7, 11) is 0. The van der Waals surface area contributed by atoms with Gasteiger partial charge in [0.05, 0.1) is 17.8 Å². The predicted octanol–water partition coefficient (Wildman–Crippen LogP) is 3.38. The van der Waals surface area contributed by atoms with E-state index in [-0.39, 0.29) is 18.5 Å². The smallest absolute Gasteiger partial charge is 0.312 e. The van der Waals surface area contributed by atoms with Gasteiger partial charge in [-0.1, -0.05) is 32.0 Å². The van der Waals surface area contributed by atoms with E-state index < -0.39 is 11.9 Å². The number of para-hydroxylation sites is 1. The molecule has 1 aromatic heterocycles. The number of hydrogen-bond acceptors (Lipinski definition) is 3. The van der Waals surface area contributed by atoms with Gasteiger partial charge in [0.15, 0.2) is 0 Å². The highest BCUT2D eigenvalue weighted by Gasteiger charge is 2.37. The number of benzene rings is 1. The summed E-state index contributed by atoms with van der Waals surface area (Å²) in [5.74, 6) is -1.78. The van der Waals surface area contributed by atoms with Crippen molar-refractivity contribution in [2.24, 2.45) is 0 Å². The van der Waals surface area contributed by atoms with Gasteiger partial charge in [-0.3, -0.25) is 14.3 Å². The maximum absolute atomic E-state index is 13.1. The van der Waals surface area contributed by atoms with Crippen LogP contribution in [0.3, 0.4) is 0 Å². The van der Waals surface area contributed by atoms with Crippen LogP contribution in [0.15, 0.2) is 30.5 Å². The van der Waals surface area contributed by atoms with Crippen LogP contribution in [0.2, 0.25) is 0 Å². The SMILES string of the molecule is CCC(CC)n1ncc(C(=O)N2CC(C(=O)O)c3ccccc32)c1C. The number of anilines is 1. The van der Waals surface area contributed by atoms with E-state index in [4.69, 9.17) is 0 Å². The first-order chi connectivity index (χ1) is 12.0. The Morgan fingerprint density at radius 3 is 2.60 bits per heavy atom. The number of carbonyl (C=O) groups excluding carboxylic acids is 1. The highest BCUT2D eigenvalue weighted by Crippen LogP contribution is 2.37. The average molecular weight is 341 g/mol. The van der Waals surface area contributed by atoms with Crippen molar-refractivity contribution in [2.75, 3.05) is 11.4 Å². The lowest BCUT2D eigenvalue weighted by atomic mass is 10.0. The molecule has 1 aromatic carbocycles. The molecule has 132 valence electrons. The van der Waals surface area contributed by atoms with E-state index in [1.807, 2.05) is 17.7 Å². The van der Waals surface area contributed by atoms with Gasteiger partial charge in [-0.15, -0.1) is 0 Å². The Balaban J connectivity index is 1.96. The lowest BCUT2D eigenvalue weighted by Gasteiger charge is -2.18. The van der Waals surface area contributed by atoms with Gasteiger partial charge in [0.1, 0.15) is 5.92 Å². The van der Waals surface area contributed by atoms with Gasteiger partial charge in [0.2, 0.25) is 0 Å². The molecule has 0 spiro atoms. The molecule has 1 atom stereocenters. The molecule has 6 heteroatoms. The summed E-state index contributed by atoms with van der Waals surface area (Å²) in [4.78, 5) is 26.2. The third-order valence-electron chi connectivity index (χ3n) is 5.07. The van der Waals surface area contributed by atoms with Gasteiger partial charge < -0.3 is 10.0 Å². The van der Waals surface area contributed by atoms with E-state index in [1.165, 1.54) is 0 Å². The van der Waals surface area contributed by atoms with Crippen molar-refractivity contribution in [2.45, 2.75) is 45.6 Å². The number of carbonyl (C=O) groups is 2. The van der Waals surface area contributed by atoms with Crippen LogP contribution in [-0.2, 0) is 4.79 Å². The topological polar surface area (TPSA) is 75.4 Å². The summed E-state index contributed by atoms with van der Waals surface area (Å²) in [6, 6.07) is 7.47. The Labute approximate surface area is 147 Å². The maximum Gasteiger partial charge on any atom is 0.312 e. The fourth-order valence-electron chi connectivity index (χ4n) is 3.59. The van der Waals surface area contributed by atoms with E-state index in [9.17, 15) is 14.7 Å². The molecule has 0 saturated carbocycles. The lowest BCUT2D eigenvalue weighted by molar-refractivity contribution is -0.138. The molecular formula is C19H23N3O3. The quantitative estimate of drug-likeness (QED) is 0.904. The van der Waals surface area contributed by atoms with E-state index >= 15 is 0 Å². The second kappa shape index (κ2) is 6.70. The molecular weight excluding hydrogens is 318 g/mol. The van der Waals surface area contributed by atoms with E-state index in [2.05, 4.69) is 18.9 Å². The Morgan fingerprint density at radius 2 is 1.96 bits per heavy atom. The van der Waals surface area contributed by atoms with Gasteiger partial charge in [-0.05, 0) is 31.4 Å². The molecule has 0 bridgehead atoms. The summed E-state index contributed by atoms with van der Waals surface area (Å²) < 4.78 is 1.91. The van der Waals surface area contributed by atoms with E-state index in [0.717, 1.165) is 18.5 Å². The third kappa shape index (κ3) is 2.81. The lowest BCUT2D eigenvalue weighted by Crippen LogP contribution is -2.31. The monoisotopic (exact) mass is 341 g/mol. The molecule has 1 amide bonds. The van der Waals surface area contributed by atoms with Gasteiger partial charge in [-0.25, -0.2) is 0 Å². The molecule has 25 heavy (non-hydrogen) atoms. The minimum atomic E-state index is -0.910. The number of carboxylic acids is 1. The van der Waals surface area contributed by atoms with Gasteiger partial charge in [0, 0.05) is 17.9 Å². The van der Waals surface area contributed by atoms with Crippen molar-refractivity contribution in [3.05, 3.63) is 47.3 Å². The highest BCUT2D eigenvalue weighted by molar-refractivity contribution is 6.09. The van der Waals surface area contributed by atoms with Crippen molar-refractivity contribution in [1.82, 2.24) is 9.78 Å². The van der Waals surface area contributed by atoms with Crippen molar-refractivity contribution in [3.8, 4) is 0 Å². The van der Waals surface area contributed by atoms with E-state index in [0.29, 0.717) is 16.8 Å². The van der Waals surface area contributed by atoms with Crippen LogP contribution in [-0.4, -0.2) is 33.3 Å². The number of nitrogens with zero attached hydrogens (tertiary/aromatic N) is 3. The molecule has 1 aliphatic heterocycles. The number of aromatic nitrogens is 2. The molecule has 0 saturated heterocycles. The second-order valence-electron chi connectivity index (χ2n) is 6.42.